The van der Waals surface area contributed by atoms with Gasteiger partial charge < -0.3 is 20.1 Å². The van der Waals surface area contributed by atoms with Crippen LogP contribution in [0.15, 0.2) is 70.2 Å². The Morgan fingerprint density at radius 1 is 1.03 bits per heavy atom. The number of benzene rings is 2. The summed E-state index contributed by atoms with van der Waals surface area (Å²) in [5.41, 5.74) is 10.9. The molecule has 3 N–H and O–H groups in total. The van der Waals surface area contributed by atoms with E-state index in [1.54, 1.807) is 6.20 Å². The Kier molecular flexibility index (Phi) is 7.08. The highest BCUT2D eigenvalue weighted by Crippen LogP contribution is 2.30. The topological polar surface area (TPSA) is 113 Å². The van der Waals surface area contributed by atoms with E-state index >= 15 is 0 Å². The van der Waals surface area contributed by atoms with Gasteiger partial charge >= 0.3 is 0 Å². The van der Waals surface area contributed by atoms with Crippen LogP contribution in [0.5, 0.6) is 0 Å². The second kappa shape index (κ2) is 10.2. The number of anilines is 1. The van der Waals surface area contributed by atoms with Gasteiger partial charge in [0.2, 0.25) is 0 Å². The second-order valence-electron chi connectivity index (χ2n) is 7.91. The molecule has 0 saturated heterocycles. The number of nitrogens with zero attached hydrogens (tertiary/aromatic N) is 3. The van der Waals surface area contributed by atoms with Crippen LogP contribution in [0.2, 0.25) is 0 Å². The standard InChI is InChI=1S/C25H27N5O2S/c1-4-27-14-17-5-7-18(8-6-17)21-13-23(32-30-21)24-25(26)28-15-22(29-24)19-9-11-20(12-10-19)33(31)16(2)3/h5-13,15-16,27H,4,14H2,1-3H3,(H2,26,28). The third-order valence-corrected chi connectivity index (χ3v) is 6.78. The highest BCUT2D eigenvalue weighted by Gasteiger charge is 2.17. The summed E-state index contributed by atoms with van der Waals surface area (Å²) in [4.78, 5) is 9.76. The molecule has 0 aliphatic rings. The maximum absolute atomic E-state index is 12.3. The summed E-state index contributed by atoms with van der Waals surface area (Å²) in [5, 5.41) is 7.57. The van der Waals surface area contributed by atoms with Gasteiger partial charge in [-0.05, 0) is 61.4 Å². The first-order valence-corrected chi connectivity index (χ1v) is 12.1. The van der Waals surface area contributed by atoms with E-state index in [1.807, 2.05) is 56.3 Å². The maximum Gasteiger partial charge on any atom is 0.189 e. The van der Waals surface area contributed by atoms with E-state index in [4.69, 9.17) is 10.3 Å². The molecule has 0 saturated carbocycles. The van der Waals surface area contributed by atoms with Gasteiger partial charge in [0.25, 0.3) is 0 Å². The lowest BCUT2D eigenvalue weighted by Crippen LogP contribution is -2.13. The Hall–Kier alpha value is -3.20. The Morgan fingerprint density at radius 3 is 2.36 bits per heavy atom. The largest absolute Gasteiger partial charge is 0.611 e. The van der Waals surface area contributed by atoms with E-state index in [0.717, 1.165) is 29.1 Å². The van der Waals surface area contributed by atoms with Crippen molar-refractivity contribution < 1.29 is 9.08 Å². The first-order chi connectivity index (χ1) is 16.0. The normalized spacial score (nSPS) is 12.3. The van der Waals surface area contributed by atoms with Gasteiger partial charge in [0, 0.05) is 23.7 Å². The molecule has 0 aliphatic heterocycles. The highest BCUT2D eigenvalue weighted by molar-refractivity contribution is 7.92. The molecular formula is C25H27N5O2S. The zero-order valence-corrected chi connectivity index (χ0v) is 19.7. The Bertz CT molecular complexity index is 1210. The van der Waals surface area contributed by atoms with Gasteiger partial charge in [-0.1, -0.05) is 36.3 Å². The van der Waals surface area contributed by atoms with Gasteiger partial charge in [0.15, 0.2) is 22.2 Å². The molecule has 7 nitrogen and oxygen atoms in total. The number of nitrogen functional groups attached to an aromatic ring is 1. The number of rotatable bonds is 8. The number of nitrogens with two attached hydrogens (primary N) is 1. The van der Waals surface area contributed by atoms with Crippen LogP contribution < -0.4 is 11.1 Å². The maximum atomic E-state index is 12.3. The van der Waals surface area contributed by atoms with Gasteiger partial charge in [-0.2, -0.15) is 0 Å². The molecule has 2 aromatic heterocycles. The van der Waals surface area contributed by atoms with Gasteiger partial charge in [-0.3, -0.25) is 0 Å². The summed E-state index contributed by atoms with van der Waals surface area (Å²) in [5.74, 6) is 0.714. The number of nitrogens with one attached hydrogen (secondary N) is 1. The molecule has 4 aromatic rings. The summed E-state index contributed by atoms with van der Waals surface area (Å²) < 4.78 is 17.9. The lowest BCUT2D eigenvalue weighted by Gasteiger charge is -2.14. The van der Waals surface area contributed by atoms with Gasteiger partial charge in [-0.15, -0.1) is 0 Å². The van der Waals surface area contributed by atoms with Gasteiger partial charge in [0.05, 0.1) is 11.9 Å². The smallest absolute Gasteiger partial charge is 0.189 e. The van der Waals surface area contributed by atoms with Crippen LogP contribution in [0.4, 0.5) is 5.82 Å². The zero-order valence-electron chi connectivity index (χ0n) is 18.9. The average molecular weight is 462 g/mol. The molecule has 8 heteroatoms. The van der Waals surface area contributed by atoms with Crippen LogP contribution in [0.1, 0.15) is 26.3 Å². The van der Waals surface area contributed by atoms with Crippen LogP contribution in [0.25, 0.3) is 34.0 Å². The van der Waals surface area contributed by atoms with Crippen LogP contribution in [-0.2, 0) is 17.7 Å². The van der Waals surface area contributed by atoms with Crippen LogP contribution >= 0.6 is 0 Å². The van der Waals surface area contributed by atoms with Crippen LogP contribution in [0, 0.1) is 0 Å². The van der Waals surface area contributed by atoms with Crippen molar-refractivity contribution in [2.45, 2.75) is 37.5 Å². The molecule has 1 atom stereocenters. The molecule has 170 valence electrons. The van der Waals surface area contributed by atoms with E-state index < -0.39 is 11.2 Å². The Morgan fingerprint density at radius 2 is 1.70 bits per heavy atom. The minimum absolute atomic E-state index is 0.0589. The molecule has 33 heavy (non-hydrogen) atoms. The SMILES string of the molecule is CCNCc1ccc(-c2cc(-c3nc(-c4ccc([S+]([O-])C(C)C)cc4)cnc3N)on2)cc1. The van der Waals surface area contributed by atoms with E-state index in [9.17, 15) is 4.55 Å². The van der Waals surface area contributed by atoms with Crippen LogP contribution in [0.3, 0.4) is 0 Å². The number of hydrogen-bond acceptors (Lipinski definition) is 7. The molecule has 0 amide bonds. The van der Waals surface area contributed by atoms with E-state index in [1.165, 1.54) is 5.56 Å². The van der Waals surface area contributed by atoms with Crippen molar-refractivity contribution in [3.8, 4) is 34.0 Å². The predicted octanol–water partition coefficient (Wildman–Crippen LogP) is 4.67. The third kappa shape index (κ3) is 5.24. The predicted molar refractivity (Wildman–Crippen MR) is 132 cm³/mol. The summed E-state index contributed by atoms with van der Waals surface area (Å²) in [6.45, 7) is 7.71. The number of hydrogen-bond donors (Lipinski definition) is 2. The van der Waals surface area contributed by atoms with Crippen molar-refractivity contribution in [1.29, 1.82) is 0 Å². The fourth-order valence-corrected chi connectivity index (χ4v) is 4.29. The molecule has 0 aliphatic carbocycles. The molecule has 2 aromatic carbocycles. The van der Waals surface area contributed by atoms with Crippen molar-refractivity contribution >= 4 is 17.0 Å². The van der Waals surface area contributed by atoms with E-state index in [2.05, 4.69) is 39.5 Å². The fraction of sp³-hybridized carbons (Fsp3) is 0.240. The summed E-state index contributed by atoms with van der Waals surface area (Å²) >= 11 is -1.04. The number of aromatic nitrogens is 3. The minimum atomic E-state index is -1.04. The fourth-order valence-electron chi connectivity index (χ4n) is 3.34. The molecule has 2 heterocycles. The lowest BCUT2D eigenvalue weighted by atomic mass is 10.1. The molecule has 4 rings (SSSR count). The summed E-state index contributed by atoms with van der Waals surface area (Å²) in [6.07, 6.45) is 1.62. The first kappa shape index (κ1) is 23.0. The third-order valence-electron chi connectivity index (χ3n) is 5.18. The van der Waals surface area contributed by atoms with Gasteiger partial charge in [0.1, 0.15) is 10.9 Å². The Labute approximate surface area is 196 Å². The zero-order chi connectivity index (χ0) is 23.4. The minimum Gasteiger partial charge on any atom is -0.611 e. The van der Waals surface area contributed by atoms with Crippen LogP contribution in [-0.4, -0.2) is 31.5 Å². The van der Waals surface area contributed by atoms with Crippen molar-refractivity contribution in [1.82, 2.24) is 20.4 Å². The van der Waals surface area contributed by atoms with Crippen molar-refractivity contribution in [3.05, 3.63) is 66.4 Å². The lowest BCUT2D eigenvalue weighted by molar-refractivity contribution is 0.434. The Balaban J connectivity index is 1.58. The first-order valence-electron chi connectivity index (χ1n) is 10.9. The highest BCUT2D eigenvalue weighted by atomic mass is 32.2. The van der Waals surface area contributed by atoms with E-state index in [0.29, 0.717) is 22.8 Å². The second-order valence-corrected chi connectivity index (χ2v) is 9.92. The van der Waals surface area contributed by atoms with Crippen molar-refractivity contribution in [3.63, 3.8) is 0 Å². The van der Waals surface area contributed by atoms with E-state index in [-0.39, 0.29) is 11.1 Å². The monoisotopic (exact) mass is 461 g/mol. The average Bonchev–Trinajstić information content (AvgIpc) is 3.33. The quantitative estimate of drug-likeness (QED) is 0.367. The molecule has 0 bridgehead atoms. The molecule has 0 radical (unpaired) electrons. The van der Waals surface area contributed by atoms with Gasteiger partial charge in [-0.25, -0.2) is 9.97 Å². The molecule has 0 spiro atoms. The molecule has 1 unspecified atom stereocenters. The summed E-state index contributed by atoms with van der Waals surface area (Å²) in [7, 11) is 0. The van der Waals surface area contributed by atoms with Crippen molar-refractivity contribution in [2.24, 2.45) is 0 Å². The molecule has 0 fully saturated rings. The summed E-state index contributed by atoms with van der Waals surface area (Å²) in [6, 6.07) is 17.5. The molecular weight excluding hydrogens is 434 g/mol. The van der Waals surface area contributed by atoms with Crippen molar-refractivity contribution in [2.75, 3.05) is 12.3 Å².